The Bertz CT molecular complexity index is 5640. The first-order chi connectivity index (χ1) is 61.5. The Labute approximate surface area is 754 Å². The number of carboxylic acid groups (broad SMARTS) is 1. The van der Waals surface area contributed by atoms with Crippen LogP contribution in [0, 0.1) is 35.7 Å². The number of benzene rings is 3. The number of ether oxygens (including phenoxy) is 7. The number of carbonyl (C=O) groups is 6. The number of aliphatic hydroxyl groups is 1. The van der Waals surface area contributed by atoms with E-state index < -0.39 is 54.7 Å². The summed E-state index contributed by atoms with van der Waals surface area (Å²) in [5.41, 5.74) is 2.04. The molecule has 5 aliphatic rings. The van der Waals surface area contributed by atoms with Crippen molar-refractivity contribution in [1.82, 2.24) is 59.3 Å². The summed E-state index contributed by atoms with van der Waals surface area (Å²) in [5.74, 6) is 2.46. The Morgan fingerprint density at radius 3 is 1.92 bits per heavy atom. The summed E-state index contributed by atoms with van der Waals surface area (Å²) in [4.78, 5) is 107. The summed E-state index contributed by atoms with van der Waals surface area (Å²) in [6, 6.07) is 16.4. The smallest absolute Gasteiger partial charge is 0.313 e. The van der Waals surface area contributed by atoms with Crippen LogP contribution in [0.2, 0.25) is 0 Å². The zero-order chi connectivity index (χ0) is 91.0. The molecule has 9 heterocycles. The predicted octanol–water partition coefficient (Wildman–Crippen LogP) is 14.3. The van der Waals surface area contributed by atoms with Gasteiger partial charge < -0.3 is 58.9 Å². The predicted molar refractivity (Wildman–Crippen MR) is 477 cm³/mol. The van der Waals surface area contributed by atoms with Gasteiger partial charge in [-0.3, -0.25) is 48.1 Å². The summed E-state index contributed by atoms with van der Waals surface area (Å²) in [7, 11) is -3.47. The molecule has 4 N–H and O–H groups in total. The van der Waals surface area contributed by atoms with Crippen molar-refractivity contribution in [3.63, 3.8) is 0 Å². The Balaban J connectivity index is 0.000000155. The van der Waals surface area contributed by atoms with Crippen LogP contribution in [0.5, 0.6) is 34.6 Å². The normalized spacial score (nSPS) is 17.0. The number of ketones is 2. The highest BCUT2D eigenvalue weighted by Crippen LogP contribution is 2.44. The van der Waals surface area contributed by atoms with Crippen molar-refractivity contribution in [3.8, 4) is 34.6 Å². The Morgan fingerprint density at radius 2 is 1.33 bits per heavy atom. The minimum absolute atomic E-state index is 0.00266. The number of aromatic nitrogens is 11. The van der Waals surface area contributed by atoms with Crippen molar-refractivity contribution < 1.29 is 93.4 Å². The van der Waals surface area contributed by atoms with Gasteiger partial charge in [0, 0.05) is 106 Å². The van der Waals surface area contributed by atoms with E-state index in [1.165, 1.54) is 123 Å². The number of hydrogen-bond acceptors (Lipinski definition) is 30. The number of pyridine rings is 1. The molecule has 684 valence electrons. The van der Waals surface area contributed by atoms with Crippen LogP contribution in [0.25, 0.3) is 10.9 Å². The van der Waals surface area contributed by atoms with Crippen molar-refractivity contribution in [2.75, 3.05) is 75.9 Å². The molecule has 0 bridgehead atoms. The highest BCUT2D eigenvalue weighted by molar-refractivity contribution is 8.01. The number of halogens is 1. The van der Waals surface area contributed by atoms with Crippen LogP contribution in [-0.4, -0.2) is 210 Å². The van der Waals surface area contributed by atoms with E-state index >= 15 is 0 Å². The van der Waals surface area contributed by atoms with Gasteiger partial charge in [-0.2, -0.15) is 14.6 Å². The van der Waals surface area contributed by atoms with Crippen LogP contribution < -0.4 is 29.6 Å². The number of thioether (sulfide) groups is 1. The molecular weight excluding hydrogens is 1750 g/mol. The Hall–Kier alpha value is -10.7. The van der Waals surface area contributed by atoms with Gasteiger partial charge in [-0.1, -0.05) is 37.5 Å². The molecule has 3 aromatic carbocycles. The quantitative estimate of drug-likeness (QED) is 0.0265. The number of nitrogens with one attached hydrogen (secondary N) is 2. The number of thiazole rings is 2. The van der Waals surface area contributed by atoms with Gasteiger partial charge >= 0.3 is 5.97 Å². The van der Waals surface area contributed by atoms with Crippen LogP contribution in [0.3, 0.4) is 0 Å². The lowest BCUT2D eigenvalue weighted by molar-refractivity contribution is -0.134. The van der Waals surface area contributed by atoms with E-state index in [4.69, 9.17) is 38.3 Å². The van der Waals surface area contributed by atoms with E-state index in [0.29, 0.717) is 126 Å². The number of aliphatic carboxylic acids is 1. The van der Waals surface area contributed by atoms with E-state index in [2.05, 4.69) is 62.6 Å². The van der Waals surface area contributed by atoms with E-state index in [-0.39, 0.29) is 86.2 Å². The van der Waals surface area contributed by atoms with Crippen LogP contribution in [0.1, 0.15) is 176 Å². The van der Waals surface area contributed by atoms with E-state index in [1.54, 1.807) is 97.4 Å². The van der Waals surface area contributed by atoms with Gasteiger partial charge in [0.15, 0.2) is 42.2 Å². The highest BCUT2D eigenvalue weighted by Gasteiger charge is 2.41. The number of amides is 3. The third-order valence-corrected chi connectivity index (χ3v) is 28.4. The molecule has 33 nitrogen and oxygen atoms in total. The summed E-state index contributed by atoms with van der Waals surface area (Å²) < 4.78 is 106. The van der Waals surface area contributed by atoms with Gasteiger partial charge in [0.05, 0.1) is 118 Å². The number of Topliss-reactive ketones (excluding diaryl/α,β-unsaturated/α-hetero) is 2. The topological polar surface area (TPSA) is 429 Å². The standard InChI is InChI=1S/C24H26N6O5.C23H35NO4S2.C21H23FN4O4S2.C21H23N3O6S/c1-15-10-27-21(12-25-15)29-23(31)17-7-18(34-16(2)14-33-3)9-19(8-17)35-22-13-26-20(11-28-22)24(32)30-5-4-6-30;1-2-12-28-18-10-8-17(9-11-18)23(16-6-4-3-5-7-16)19(25)13-20-24-14-22(30-20)29-15-21(26)27;22-20-12-24-21(31-20)8-18(27)16(7-13-3-5-30-6-4-13)26-17-10-23-11-19(15(17)9-25-26)32(28,29)14-1-2-14;1-14(13-25)29-17-10-15(21(26)22-20-8-9-24(2)23-20)11-18(12-17)30-16-4-6-19(7-5-16)31(3,27)28/h7-13,16H,4-6,14H2,1-3H3,(H,27,29,31);14,16-18,23H,2-13,15H2,1H3,(H,26,27);9-14,16H,1-8H2;4-12,14,25H,13H2,1-3H3,(H,22,23,26)/t16-;17?,18?,23-;16-;14-/m0000/s1. The molecule has 10 aromatic rings. The number of hydrogen-bond donors (Lipinski definition) is 4. The van der Waals surface area contributed by atoms with Crippen LogP contribution in [-0.2, 0) is 68.2 Å². The average Bonchev–Trinajstić information content (AvgIpc) is 1.60. The lowest BCUT2D eigenvalue weighted by atomic mass is 9.67. The SMILES string of the molecule is CCCOC1CCC([C@@H](C(=O)Cc2ncc(SCC(=O)O)s2)C2CCCCC2)CC1.COC[C@H](C)Oc1cc(Oc2cnc(C(=O)N3CCC3)cn2)cc(C(=O)Nc2cnc(C)cn2)c1.C[C@@H](CO)Oc1cc(Oc2ccc(S(C)(=O)=O)cc2)cc(C(=O)Nc2ccn(C)n2)c1.O=C(Cc1ncc(F)s1)[C@H](CC1CCOCC1)n1ncc2c(S(=O)(=O)C3CC3)cncc21. The molecule has 0 radical (unpaired) electrons. The second-order valence-electron chi connectivity index (χ2n) is 32.2. The lowest BCUT2D eigenvalue weighted by Crippen LogP contribution is -2.42. The molecule has 0 spiro atoms. The summed E-state index contributed by atoms with van der Waals surface area (Å²) in [6.45, 7) is 11.2. The number of aryl methyl sites for hydroxylation is 2. The number of aliphatic hydroxyl groups excluding tert-OH is 1. The van der Waals surface area contributed by atoms with Gasteiger partial charge in [-0.05, 0) is 171 Å². The Kier molecular flexibility index (Phi) is 34.7. The molecule has 39 heteroatoms. The monoisotopic (exact) mass is 1850 g/mol. The Morgan fingerprint density at radius 1 is 0.672 bits per heavy atom. The molecule has 0 unspecified atom stereocenters. The van der Waals surface area contributed by atoms with Gasteiger partial charge in [-0.15, -0.1) is 23.1 Å². The molecule has 2 aliphatic heterocycles. The number of fused-ring (bicyclic) bond motifs is 1. The van der Waals surface area contributed by atoms with E-state index in [1.807, 2.05) is 6.92 Å². The maximum atomic E-state index is 13.5. The van der Waals surface area contributed by atoms with Gasteiger partial charge in [0.1, 0.15) is 68.5 Å². The van der Waals surface area contributed by atoms with Gasteiger partial charge in [-0.25, -0.2) is 41.8 Å². The molecule has 15 rings (SSSR count). The zero-order valence-corrected chi connectivity index (χ0v) is 76.4. The van der Waals surface area contributed by atoms with Crippen molar-refractivity contribution in [1.29, 1.82) is 0 Å². The molecule has 128 heavy (non-hydrogen) atoms. The number of anilines is 2. The van der Waals surface area contributed by atoms with Crippen molar-refractivity contribution in [2.45, 2.75) is 187 Å². The average molecular weight is 1860 g/mol. The molecule has 2 saturated heterocycles. The summed E-state index contributed by atoms with van der Waals surface area (Å²) >= 11 is 3.61. The van der Waals surface area contributed by atoms with E-state index in [0.717, 1.165) is 110 Å². The second kappa shape index (κ2) is 46.1. The summed E-state index contributed by atoms with van der Waals surface area (Å²) in [6.07, 6.45) is 32.0. The summed E-state index contributed by atoms with van der Waals surface area (Å²) in [5, 5.41) is 33.0. The minimum atomic E-state index is -3.47. The maximum Gasteiger partial charge on any atom is 0.313 e. The van der Waals surface area contributed by atoms with Crippen LogP contribution in [0.4, 0.5) is 16.0 Å². The number of rotatable bonds is 36. The molecule has 3 aliphatic carbocycles. The minimum Gasteiger partial charge on any atom is -0.488 e. The van der Waals surface area contributed by atoms with Crippen molar-refractivity contribution in [2.24, 2.45) is 30.7 Å². The van der Waals surface area contributed by atoms with Gasteiger partial charge in [0.2, 0.25) is 5.88 Å². The van der Waals surface area contributed by atoms with Gasteiger partial charge in [0.25, 0.3) is 17.7 Å². The van der Waals surface area contributed by atoms with Crippen molar-refractivity contribution in [3.05, 3.63) is 166 Å². The maximum absolute atomic E-state index is 13.5. The second-order valence-corrected chi connectivity index (χ2v) is 39.9. The first kappa shape index (κ1) is 96.4. The fourth-order valence-corrected chi connectivity index (χ4v) is 20.2. The largest absolute Gasteiger partial charge is 0.488 e. The third kappa shape index (κ3) is 27.9. The molecule has 7 aromatic heterocycles. The molecule has 3 amide bonds. The molecule has 3 saturated carbocycles. The number of carboxylic acids is 1. The molecular formula is C89H107FN14O19S5. The number of likely N-dealkylation sites (tertiary alicyclic amines) is 1. The number of carbonyl (C=O) groups excluding carboxylic acids is 5. The first-order valence-electron chi connectivity index (χ1n) is 42.7. The third-order valence-electron chi connectivity index (χ3n) is 22.0. The fraction of sp³-hybridized carbons (Fsp3) is 0.472. The lowest BCUT2D eigenvalue weighted by Gasteiger charge is -2.38. The molecule has 5 fully saturated rings. The van der Waals surface area contributed by atoms with E-state index in [9.17, 15) is 55.1 Å². The number of nitrogens with zero attached hydrogens (tertiary/aromatic N) is 12. The highest BCUT2D eigenvalue weighted by atomic mass is 32.2. The zero-order valence-electron chi connectivity index (χ0n) is 72.3. The number of methoxy groups -OCH3 is 1. The first-order valence-corrected chi connectivity index (χ1v) is 48.7. The van der Waals surface area contributed by atoms with Crippen LogP contribution >= 0.6 is 34.4 Å². The van der Waals surface area contributed by atoms with Crippen molar-refractivity contribution >= 4 is 112 Å². The van der Waals surface area contributed by atoms with Crippen LogP contribution in [0.15, 0.2) is 143 Å². The fourth-order valence-electron chi connectivity index (χ4n) is 15.3. The number of sulfone groups is 2. The molecule has 4 atom stereocenters.